The van der Waals surface area contributed by atoms with Crippen LogP contribution in [0.2, 0.25) is 0 Å². The molecule has 1 fully saturated rings. The maximum Gasteiger partial charge on any atom is 0.295 e. The molecule has 0 bridgehead atoms. The fourth-order valence-electron chi connectivity index (χ4n) is 4.04. The second-order valence-electron chi connectivity index (χ2n) is 7.64. The van der Waals surface area contributed by atoms with Gasteiger partial charge in [0.25, 0.3) is 11.7 Å². The van der Waals surface area contributed by atoms with Gasteiger partial charge in [-0.15, -0.1) is 0 Å². The van der Waals surface area contributed by atoms with Gasteiger partial charge in [-0.2, -0.15) is 4.98 Å². The highest BCUT2D eigenvalue weighted by Crippen LogP contribution is 2.24. The van der Waals surface area contributed by atoms with E-state index < -0.39 is 11.7 Å². The number of carbonyl (C=O) groups excluding carboxylic acids is 2. The Bertz CT molecular complexity index is 1230. The number of aromatic amines is 1. The summed E-state index contributed by atoms with van der Waals surface area (Å²) in [5.41, 5.74) is 1.79. The fraction of sp³-hybridized carbons (Fsp3) is 0.273. The number of hydrogen-bond donors (Lipinski definition) is 1. The van der Waals surface area contributed by atoms with Crippen LogP contribution in [0.25, 0.3) is 22.4 Å². The number of fused-ring (bicyclic) bond motifs is 1. The lowest BCUT2D eigenvalue weighted by Gasteiger charge is -2.31. The number of ketones is 1. The smallest absolute Gasteiger partial charge is 0.295 e. The summed E-state index contributed by atoms with van der Waals surface area (Å²) in [5, 5.41) is 4.73. The van der Waals surface area contributed by atoms with E-state index in [-0.39, 0.29) is 5.92 Å². The Balaban J connectivity index is 1.26. The van der Waals surface area contributed by atoms with Crippen LogP contribution in [-0.2, 0) is 11.2 Å². The van der Waals surface area contributed by atoms with Crippen LogP contribution in [0.15, 0.2) is 53.6 Å². The van der Waals surface area contributed by atoms with Gasteiger partial charge < -0.3 is 14.4 Å². The Morgan fingerprint density at radius 3 is 3.00 bits per heavy atom. The molecule has 0 saturated carbocycles. The molecule has 4 heterocycles. The van der Waals surface area contributed by atoms with E-state index in [0.717, 1.165) is 23.7 Å². The van der Waals surface area contributed by atoms with Crippen molar-refractivity contribution in [3.05, 3.63) is 60.5 Å². The highest BCUT2D eigenvalue weighted by Gasteiger charge is 2.30. The molecule has 4 aromatic rings. The summed E-state index contributed by atoms with van der Waals surface area (Å²) in [6.45, 7) is 1.05. The molecule has 0 radical (unpaired) electrons. The number of benzene rings is 1. The molecule has 1 aliphatic heterocycles. The molecule has 9 heteroatoms. The number of hydrogen-bond acceptors (Lipinski definition) is 7. The Labute approximate surface area is 177 Å². The molecular formula is C22H20N6O3. The van der Waals surface area contributed by atoms with Crippen molar-refractivity contribution in [1.82, 2.24) is 30.0 Å². The van der Waals surface area contributed by atoms with E-state index in [1.165, 1.54) is 0 Å². The predicted octanol–water partition coefficient (Wildman–Crippen LogP) is 2.67. The SMILES string of the molecule is O=C(C(=O)N1CCC[C@@H](Cc2nc(-c3cnccn3)no2)C1)c1c[nH]c2ccccc12. The number of Topliss-reactive ketones (excluding diaryl/α,β-unsaturated/α-hetero) is 1. The van der Waals surface area contributed by atoms with Gasteiger partial charge in [-0.05, 0) is 24.8 Å². The monoisotopic (exact) mass is 416 g/mol. The zero-order valence-corrected chi connectivity index (χ0v) is 16.7. The number of nitrogens with zero attached hydrogens (tertiary/aromatic N) is 5. The van der Waals surface area contributed by atoms with E-state index >= 15 is 0 Å². The van der Waals surface area contributed by atoms with Crippen molar-refractivity contribution < 1.29 is 14.1 Å². The van der Waals surface area contributed by atoms with Gasteiger partial charge in [-0.25, -0.2) is 4.98 Å². The van der Waals surface area contributed by atoms with Crippen LogP contribution in [0.5, 0.6) is 0 Å². The normalized spacial score (nSPS) is 16.5. The molecule has 0 aliphatic carbocycles. The zero-order valence-electron chi connectivity index (χ0n) is 16.7. The molecule has 1 aliphatic rings. The Kier molecular flexibility index (Phi) is 4.99. The minimum absolute atomic E-state index is 0.142. The lowest BCUT2D eigenvalue weighted by Crippen LogP contribution is -2.43. The van der Waals surface area contributed by atoms with Gasteiger partial charge in [-0.3, -0.25) is 14.6 Å². The number of carbonyl (C=O) groups is 2. The molecular weight excluding hydrogens is 396 g/mol. The molecule has 0 spiro atoms. The molecule has 156 valence electrons. The third kappa shape index (κ3) is 3.81. The van der Waals surface area contributed by atoms with Gasteiger partial charge >= 0.3 is 0 Å². The molecule has 9 nitrogen and oxygen atoms in total. The molecule has 3 aromatic heterocycles. The summed E-state index contributed by atoms with van der Waals surface area (Å²) in [6.07, 6.45) is 8.62. The number of likely N-dealkylation sites (tertiary alicyclic amines) is 1. The highest BCUT2D eigenvalue weighted by molar-refractivity contribution is 6.44. The van der Waals surface area contributed by atoms with E-state index in [2.05, 4.69) is 25.1 Å². The standard InChI is InChI=1S/C22H20N6O3/c29-20(16-11-25-17-6-2-1-5-15(16)17)22(30)28-9-3-4-14(13-28)10-19-26-21(27-31-19)18-12-23-7-8-24-18/h1-2,5-8,11-12,14,25H,3-4,9-10,13H2/t14-/m0/s1. The van der Waals surface area contributed by atoms with E-state index in [1.807, 2.05) is 24.3 Å². The Hall–Kier alpha value is -3.88. The minimum Gasteiger partial charge on any atom is -0.360 e. The van der Waals surface area contributed by atoms with E-state index in [9.17, 15) is 9.59 Å². The summed E-state index contributed by atoms with van der Waals surface area (Å²) >= 11 is 0. The first-order valence-corrected chi connectivity index (χ1v) is 10.2. The van der Waals surface area contributed by atoms with Crippen molar-refractivity contribution in [2.24, 2.45) is 5.92 Å². The number of nitrogens with one attached hydrogen (secondary N) is 1. The number of amides is 1. The average Bonchev–Trinajstić information content (AvgIpc) is 3.46. The summed E-state index contributed by atoms with van der Waals surface area (Å²) in [6, 6.07) is 7.47. The second-order valence-corrected chi connectivity index (χ2v) is 7.64. The van der Waals surface area contributed by atoms with Crippen LogP contribution >= 0.6 is 0 Å². The second kappa shape index (κ2) is 8.10. The van der Waals surface area contributed by atoms with Crippen LogP contribution in [0.1, 0.15) is 29.1 Å². The number of rotatable bonds is 5. The summed E-state index contributed by atoms with van der Waals surface area (Å²) < 4.78 is 5.37. The van der Waals surface area contributed by atoms with Crippen LogP contribution in [0, 0.1) is 5.92 Å². The van der Waals surface area contributed by atoms with Crippen LogP contribution in [-0.4, -0.2) is 54.8 Å². The van der Waals surface area contributed by atoms with Crippen molar-refractivity contribution in [3.8, 4) is 11.5 Å². The number of piperidine rings is 1. The van der Waals surface area contributed by atoms with Crippen molar-refractivity contribution in [3.63, 3.8) is 0 Å². The molecule has 0 unspecified atom stereocenters. The van der Waals surface area contributed by atoms with Crippen molar-refractivity contribution in [2.75, 3.05) is 13.1 Å². The maximum absolute atomic E-state index is 12.9. The molecule has 1 saturated heterocycles. The third-order valence-electron chi connectivity index (χ3n) is 5.56. The van der Waals surface area contributed by atoms with Crippen molar-refractivity contribution in [1.29, 1.82) is 0 Å². The largest absolute Gasteiger partial charge is 0.360 e. The molecule has 5 rings (SSSR count). The minimum atomic E-state index is -0.485. The summed E-state index contributed by atoms with van der Waals surface area (Å²) in [4.78, 5) is 43.1. The van der Waals surface area contributed by atoms with E-state index in [1.54, 1.807) is 29.7 Å². The van der Waals surface area contributed by atoms with Gasteiger partial charge in [0, 0.05) is 49.0 Å². The maximum atomic E-state index is 12.9. The van der Waals surface area contributed by atoms with E-state index in [4.69, 9.17) is 4.52 Å². The number of para-hydroxylation sites is 1. The molecule has 1 amide bonds. The average molecular weight is 416 g/mol. The quantitative estimate of drug-likeness (QED) is 0.392. The van der Waals surface area contributed by atoms with Crippen molar-refractivity contribution >= 4 is 22.6 Å². The first-order chi connectivity index (χ1) is 15.2. The van der Waals surface area contributed by atoms with Crippen LogP contribution in [0.3, 0.4) is 0 Å². The number of aromatic nitrogens is 5. The lowest BCUT2D eigenvalue weighted by atomic mass is 9.94. The van der Waals surface area contributed by atoms with Gasteiger partial charge in [-0.1, -0.05) is 23.4 Å². The first-order valence-electron chi connectivity index (χ1n) is 10.2. The van der Waals surface area contributed by atoms with Crippen LogP contribution < -0.4 is 0 Å². The van der Waals surface area contributed by atoms with Crippen LogP contribution in [0.4, 0.5) is 0 Å². The first kappa shape index (κ1) is 19.1. The summed E-state index contributed by atoms with van der Waals surface area (Å²) in [5.74, 6) is 0.0638. The Morgan fingerprint density at radius 2 is 2.13 bits per heavy atom. The van der Waals surface area contributed by atoms with Gasteiger partial charge in [0.15, 0.2) is 0 Å². The van der Waals surface area contributed by atoms with Crippen molar-refractivity contribution in [2.45, 2.75) is 19.3 Å². The van der Waals surface area contributed by atoms with Gasteiger partial charge in [0.2, 0.25) is 11.7 Å². The Morgan fingerprint density at radius 1 is 1.23 bits per heavy atom. The highest BCUT2D eigenvalue weighted by atomic mass is 16.5. The lowest BCUT2D eigenvalue weighted by molar-refractivity contribution is -0.128. The van der Waals surface area contributed by atoms with Gasteiger partial charge in [0.05, 0.1) is 11.8 Å². The van der Waals surface area contributed by atoms with E-state index in [0.29, 0.717) is 42.5 Å². The number of H-pyrrole nitrogens is 1. The topological polar surface area (TPSA) is 118 Å². The molecule has 31 heavy (non-hydrogen) atoms. The fourth-order valence-corrected chi connectivity index (χ4v) is 4.04. The third-order valence-corrected chi connectivity index (χ3v) is 5.56. The molecule has 1 aromatic carbocycles. The molecule has 1 atom stereocenters. The van der Waals surface area contributed by atoms with Gasteiger partial charge in [0.1, 0.15) is 5.69 Å². The molecule has 1 N–H and O–H groups in total. The zero-order chi connectivity index (χ0) is 21.2. The predicted molar refractivity (Wildman–Crippen MR) is 111 cm³/mol. The summed E-state index contributed by atoms with van der Waals surface area (Å²) in [7, 11) is 0.